The zero-order valence-corrected chi connectivity index (χ0v) is 8.25. The van der Waals surface area contributed by atoms with E-state index in [1.54, 1.807) is 0 Å². The van der Waals surface area contributed by atoms with Crippen LogP contribution in [0.15, 0.2) is 0 Å². The molecule has 82 valence electrons. The molecule has 0 spiro atoms. The lowest BCUT2D eigenvalue weighted by Crippen LogP contribution is -2.43. The summed E-state index contributed by atoms with van der Waals surface area (Å²) in [7, 11) is 0. The SMILES string of the molecule is OCC1CCN(C2CCCC2(F)F)C1. The van der Waals surface area contributed by atoms with E-state index in [9.17, 15) is 8.78 Å². The van der Waals surface area contributed by atoms with E-state index in [0.717, 1.165) is 13.0 Å². The summed E-state index contributed by atoms with van der Waals surface area (Å²) in [6, 6.07) is -0.556. The molecule has 1 N–H and O–H groups in total. The first-order chi connectivity index (χ1) is 6.63. The average molecular weight is 205 g/mol. The van der Waals surface area contributed by atoms with Crippen molar-refractivity contribution in [3.8, 4) is 0 Å². The van der Waals surface area contributed by atoms with E-state index < -0.39 is 12.0 Å². The standard InChI is InChI=1S/C10H17F2NO/c11-10(12)4-1-2-9(10)13-5-3-8(6-13)7-14/h8-9,14H,1-7H2. The molecule has 0 bridgehead atoms. The van der Waals surface area contributed by atoms with Crippen LogP contribution in [0.5, 0.6) is 0 Å². The van der Waals surface area contributed by atoms with Crippen LogP contribution in [-0.2, 0) is 0 Å². The molecule has 2 unspecified atom stereocenters. The molecule has 14 heavy (non-hydrogen) atoms. The molecule has 0 aromatic carbocycles. The highest BCUT2D eigenvalue weighted by Crippen LogP contribution is 2.40. The number of hydrogen-bond acceptors (Lipinski definition) is 2. The second-order valence-corrected chi connectivity index (χ2v) is 4.50. The maximum Gasteiger partial charge on any atom is 0.263 e. The van der Waals surface area contributed by atoms with E-state index in [2.05, 4.69) is 0 Å². The van der Waals surface area contributed by atoms with Crippen molar-refractivity contribution in [3.05, 3.63) is 0 Å². The monoisotopic (exact) mass is 205 g/mol. The lowest BCUT2D eigenvalue weighted by Gasteiger charge is -2.28. The summed E-state index contributed by atoms with van der Waals surface area (Å²) in [4.78, 5) is 1.87. The number of hydrogen-bond donors (Lipinski definition) is 1. The van der Waals surface area contributed by atoms with Gasteiger partial charge in [0.2, 0.25) is 0 Å². The third-order valence-electron chi connectivity index (χ3n) is 3.49. The van der Waals surface area contributed by atoms with Gasteiger partial charge in [0.15, 0.2) is 0 Å². The summed E-state index contributed by atoms with van der Waals surface area (Å²) in [6.07, 6.45) is 2.16. The summed E-state index contributed by atoms with van der Waals surface area (Å²) in [6.45, 7) is 1.51. The summed E-state index contributed by atoms with van der Waals surface area (Å²) < 4.78 is 26.8. The van der Waals surface area contributed by atoms with Gasteiger partial charge in [0.1, 0.15) is 0 Å². The first-order valence-corrected chi connectivity index (χ1v) is 5.36. The Labute approximate surface area is 82.9 Å². The van der Waals surface area contributed by atoms with Crippen LogP contribution in [0.3, 0.4) is 0 Å². The number of nitrogens with zero attached hydrogens (tertiary/aromatic N) is 1. The number of aliphatic hydroxyl groups excluding tert-OH is 1. The zero-order valence-electron chi connectivity index (χ0n) is 8.25. The van der Waals surface area contributed by atoms with Gasteiger partial charge in [-0.3, -0.25) is 4.90 Å². The molecule has 1 saturated heterocycles. The van der Waals surface area contributed by atoms with Gasteiger partial charge >= 0.3 is 0 Å². The number of aliphatic hydroxyl groups is 1. The van der Waals surface area contributed by atoms with Crippen molar-refractivity contribution in [2.75, 3.05) is 19.7 Å². The maximum absolute atomic E-state index is 13.4. The summed E-state index contributed by atoms with van der Waals surface area (Å²) >= 11 is 0. The second kappa shape index (κ2) is 3.74. The smallest absolute Gasteiger partial charge is 0.263 e. The predicted octanol–water partition coefficient (Wildman–Crippen LogP) is 1.49. The number of halogens is 2. The van der Waals surface area contributed by atoms with E-state index in [-0.39, 0.29) is 18.9 Å². The molecule has 2 fully saturated rings. The molecule has 1 heterocycles. The molecular weight excluding hydrogens is 188 g/mol. The largest absolute Gasteiger partial charge is 0.396 e. The van der Waals surface area contributed by atoms with Crippen molar-refractivity contribution < 1.29 is 13.9 Å². The molecule has 0 aromatic heterocycles. The van der Waals surface area contributed by atoms with Gasteiger partial charge < -0.3 is 5.11 Å². The third kappa shape index (κ3) is 1.77. The van der Waals surface area contributed by atoms with Crippen LogP contribution >= 0.6 is 0 Å². The summed E-state index contributed by atoms with van der Waals surface area (Å²) in [5.74, 6) is -2.28. The lowest BCUT2D eigenvalue weighted by atomic mass is 10.1. The van der Waals surface area contributed by atoms with Crippen molar-refractivity contribution in [3.63, 3.8) is 0 Å². The van der Waals surface area contributed by atoms with Crippen LogP contribution in [-0.4, -0.2) is 41.7 Å². The van der Waals surface area contributed by atoms with Crippen LogP contribution < -0.4 is 0 Å². The number of rotatable bonds is 2. The van der Waals surface area contributed by atoms with Crippen LogP contribution in [0.1, 0.15) is 25.7 Å². The van der Waals surface area contributed by atoms with Gasteiger partial charge in [-0.15, -0.1) is 0 Å². The molecule has 1 aliphatic carbocycles. The van der Waals surface area contributed by atoms with Crippen LogP contribution in [0, 0.1) is 5.92 Å². The maximum atomic E-state index is 13.4. The van der Waals surface area contributed by atoms with E-state index >= 15 is 0 Å². The lowest BCUT2D eigenvalue weighted by molar-refractivity contribution is -0.0567. The minimum Gasteiger partial charge on any atom is -0.396 e. The van der Waals surface area contributed by atoms with Gasteiger partial charge in [0.05, 0.1) is 6.04 Å². The topological polar surface area (TPSA) is 23.5 Å². The fourth-order valence-electron chi connectivity index (χ4n) is 2.65. The molecule has 2 aliphatic rings. The molecule has 1 saturated carbocycles. The molecule has 2 rings (SSSR count). The Morgan fingerprint density at radius 3 is 2.64 bits per heavy atom. The molecule has 0 radical (unpaired) electrons. The molecule has 0 aromatic rings. The van der Waals surface area contributed by atoms with E-state index in [0.29, 0.717) is 19.4 Å². The van der Waals surface area contributed by atoms with Gasteiger partial charge in [-0.2, -0.15) is 0 Å². The molecule has 0 amide bonds. The quantitative estimate of drug-likeness (QED) is 0.738. The van der Waals surface area contributed by atoms with Crippen molar-refractivity contribution in [2.45, 2.75) is 37.6 Å². The number of likely N-dealkylation sites (tertiary alicyclic amines) is 1. The van der Waals surface area contributed by atoms with Crippen LogP contribution in [0.2, 0.25) is 0 Å². The van der Waals surface area contributed by atoms with Gasteiger partial charge in [0, 0.05) is 19.6 Å². The molecule has 1 aliphatic heterocycles. The molecular formula is C10H17F2NO. The fourth-order valence-corrected chi connectivity index (χ4v) is 2.65. The van der Waals surface area contributed by atoms with Crippen molar-refractivity contribution in [1.82, 2.24) is 4.90 Å². The van der Waals surface area contributed by atoms with Gasteiger partial charge in [0.25, 0.3) is 5.92 Å². The van der Waals surface area contributed by atoms with Gasteiger partial charge in [-0.1, -0.05) is 0 Å². The summed E-state index contributed by atoms with van der Waals surface area (Å²) in [5, 5.41) is 8.94. The highest BCUT2D eigenvalue weighted by molar-refractivity contribution is 4.94. The Bertz CT molecular complexity index is 210. The Balaban J connectivity index is 1.96. The van der Waals surface area contributed by atoms with E-state index in [4.69, 9.17) is 5.11 Å². The minimum atomic E-state index is -2.50. The van der Waals surface area contributed by atoms with Crippen molar-refractivity contribution in [1.29, 1.82) is 0 Å². The predicted molar refractivity (Wildman–Crippen MR) is 49.4 cm³/mol. The second-order valence-electron chi connectivity index (χ2n) is 4.50. The van der Waals surface area contributed by atoms with Crippen molar-refractivity contribution >= 4 is 0 Å². The normalized spacial score (nSPS) is 37.9. The Hall–Kier alpha value is -0.220. The molecule has 4 heteroatoms. The summed E-state index contributed by atoms with van der Waals surface area (Å²) in [5.41, 5.74) is 0. The number of alkyl halides is 2. The Morgan fingerprint density at radius 1 is 1.36 bits per heavy atom. The van der Waals surface area contributed by atoms with Crippen LogP contribution in [0.4, 0.5) is 8.78 Å². The molecule has 2 atom stereocenters. The van der Waals surface area contributed by atoms with Gasteiger partial charge in [-0.05, 0) is 31.7 Å². The minimum absolute atomic E-state index is 0.0396. The van der Waals surface area contributed by atoms with E-state index in [1.165, 1.54) is 0 Å². The fraction of sp³-hybridized carbons (Fsp3) is 1.00. The van der Waals surface area contributed by atoms with Crippen LogP contribution in [0.25, 0.3) is 0 Å². The van der Waals surface area contributed by atoms with Gasteiger partial charge in [-0.25, -0.2) is 8.78 Å². The Kier molecular flexibility index (Phi) is 2.75. The molecule has 2 nitrogen and oxygen atoms in total. The first kappa shape index (κ1) is 10.3. The Morgan fingerprint density at radius 2 is 2.14 bits per heavy atom. The van der Waals surface area contributed by atoms with E-state index in [1.807, 2.05) is 4.90 Å². The van der Waals surface area contributed by atoms with Crippen molar-refractivity contribution in [2.24, 2.45) is 5.92 Å². The highest BCUT2D eigenvalue weighted by Gasteiger charge is 2.48. The highest BCUT2D eigenvalue weighted by atomic mass is 19.3. The third-order valence-corrected chi connectivity index (χ3v) is 3.49. The first-order valence-electron chi connectivity index (χ1n) is 5.36. The zero-order chi connectivity index (χ0) is 10.2. The average Bonchev–Trinajstić information content (AvgIpc) is 2.70.